The van der Waals surface area contributed by atoms with E-state index in [4.69, 9.17) is 0 Å². The molecule has 0 aromatic heterocycles. The molecule has 1 heterocycles. The van der Waals surface area contributed by atoms with E-state index in [1.807, 2.05) is 0 Å². The molecule has 2 nitrogen and oxygen atoms in total. The number of nitrogens with one attached hydrogen (secondary N) is 1. The van der Waals surface area contributed by atoms with E-state index < -0.39 is 0 Å². The van der Waals surface area contributed by atoms with Gasteiger partial charge in [-0.1, -0.05) is 54.1 Å². The van der Waals surface area contributed by atoms with Crippen molar-refractivity contribution in [2.45, 2.75) is 45.6 Å². The van der Waals surface area contributed by atoms with Crippen molar-refractivity contribution in [1.29, 1.82) is 0 Å². The Kier molecular flexibility index (Phi) is 6.26. The van der Waals surface area contributed by atoms with Crippen LogP contribution in [0.25, 0.3) is 0 Å². The van der Waals surface area contributed by atoms with Crippen molar-refractivity contribution in [3.05, 3.63) is 70.8 Å². The summed E-state index contributed by atoms with van der Waals surface area (Å²) in [6.07, 6.45) is 6.55. The minimum absolute atomic E-state index is 0.821. The Hall–Kier alpha value is -1.64. The fraction of sp³-hybridized carbons (Fsp3) is 0.520. The second-order valence-electron chi connectivity index (χ2n) is 8.74. The Bertz CT molecular complexity index is 731. The van der Waals surface area contributed by atoms with Crippen LogP contribution in [0.4, 0.5) is 0 Å². The van der Waals surface area contributed by atoms with Crippen LogP contribution in [-0.2, 0) is 19.4 Å². The Balaban J connectivity index is 1.15. The van der Waals surface area contributed by atoms with Crippen LogP contribution < -0.4 is 5.32 Å². The summed E-state index contributed by atoms with van der Waals surface area (Å²) in [4.78, 5) is 2.63. The highest BCUT2D eigenvalue weighted by molar-refractivity contribution is 5.29. The van der Waals surface area contributed by atoms with Gasteiger partial charge in [0.05, 0.1) is 0 Å². The molecule has 1 unspecified atom stereocenters. The van der Waals surface area contributed by atoms with E-state index in [1.54, 1.807) is 11.1 Å². The highest BCUT2D eigenvalue weighted by atomic mass is 15.1. The molecule has 0 saturated carbocycles. The van der Waals surface area contributed by atoms with Gasteiger partial charge < -0.3 is 5.32 Å². The highest BCUT2D eigenvalue weighted by Crippen LogP contribution is 2.25. The van der Waals surface area contributed by atoms with E-state index in [0.29, 0.717) is 0 Å². The molecule has 1 N–H and O–H groups in total. The van der Waals surface area contributed by atoms with Gasteiger partial charge in [-0.25, -0.2) is 0 Å². The van der Waals surface area contributed by atoms with E-state index in [2.05, 4.69) is 65.7 Å². The van der Waals surface area contributed by atoms with Gasteiger partial charge in [-0.2, -0.15) is 0 Å². The van der Waals surface area contributed by atoms with Gasteiger partial charge in [0, 0.05) is 6.54 Å². The molecular weight excluding hydrogens is 328 g/mol. The lowest BCUT2D eigenvalue weighted by atomic mass is 9.84. The summed E-state index contributed by atoms with van der Waals surface area (Å²) in [7, 11) is 0. The number of fused-ring (bicyclic) bond motifs is 1. The molecule has 4 rings (SSSR count). The highest BCUT2D eigenvalue weighted by Gasteiger charge is 2.21. The Labute approximate surface area is 165 Å². The van der Waals surface area contributed by atoms with Crippen molar-refractivity contribution in [3.63, 3.8) is 0 Å². The zero-order valence-corrected chi connectivity index (χ0v) is 16.8. The molecule has 144 valence electrons. The normalized spacial score (nSPS) is 21.1. The number of hydrogen-bond acceptors (Lipinski definition) is 2. The first-order chi connectivity index (χ1) is 13.3. The Morgan fingerprint density at radius 1 is 0.889 bits per heavy atom. The van der Waals surface area contributed by atoms with Crippen molar-refractivity contribution in [3.8, 4) is 0 Å². The van der Waals surface area contributed by atoms with Crippen molar-refractivity contribution in [2.75, 3.05) is 26.2 Å². The first kappa shape index (κ1) is 18.7. The quantitative estimate of drug-likeness (QED) is 0.808. The van der Waals surface area contributed by atoms with Gasteiger partial charge in [0.2, 0.25) is 0 Å². The van der Waals surface area contributed by atoms with Gasteiger partial charge in [-0.3, -0.25) is 4.90 Å². The van der Waals surface area contributed by atoms with Crippen molar-refractivity contribution < 1.29 is 0 Å². The number of nitrogens with zero attached hydrogens (tertiary/aromatic N) is 1. The molecule has 0 radical (unpaired) electrons. The van der Waals surface area contributed by atoms with Crippen LogP contribution in [0.5, 0.6) is 0 Å². The van der Waals surface area contributed by atoms with Gasteiger partial charge in [-0.05, 0) is 93.7 Å². The molecule has 2 aromatic rings. The van der Waals surface area contributed by atoms with E-state index in [-0.39, 0.29) is 0 Å². The summed E-state index contributed by atoms with van der Waals surface area (Å²) >= 11 is 0. The van der Waals surface area contributed by atoms with Crippen LogP contribution in [0.1, 0.15) is 41.5 Å². The van der Waals surface area contributed by atoms with Crippen LogP contribution in [-0.4, -0.2) is 31.1 Å². The molecular formula is C25H34N2. The topological polar surface area (TPSA) is 15.3 Å². The summed E-state index contributed by atoms with van der Waals surface area (Å²) in [5.74, 6) is 1.68. The van der Waals surface area contributed by atoms with Crippen LogP contribution in [0, 0.1) is 18.8 Å². The maximum Gasteiger partial charge on any atom is 0.0233 e. The lowest BCUT2D eigenvalue weighted by Crippen LogP contribution is -2.38. The maximum atomic E-state index is 3.81. The summed E-state index contributed by atoms with van der Waals surface area (Å²) in [5, 5.41) is 3.81. The predicted molar refractivity (Wildman–Crippen MR) is 114 cm³/mol. The third kappa shape index (κ3) is 5.21. The summed E-state index contributed by atoms with van der Waals surface area (Å²) in [6, 6.07) is 18.0. The lowest BCUT2D eigenvalue weighted by molar-refractivity contribution is 0.174. The van der Waals surface area contributed by atoms with Crippen LogP contribution >= 0.6 is 0 Å². The average molecular weight is 363 g/mol. The fourth-order valence-electron chi connectivity index (χ4n) is 4.86. The molecule has 1 aliphatic carbocycles. The van der Waals surface area contributed by atoms with E-state index in [0.717, 1.165) is 18.4 Å². The van der Waals surface area contributed by atoms with E-state index in [1.165, 1.54) is 69.4 Å². The van der Waals surface area contributed by atoms with Crippen LogP contribution in [0.3, 0.4) is 0 Å². The molecule has 2 aromatic carbocycles. The van der Waals surface area contributed by atoms with Gasteiger partial charge >= 0.3 is 0 Å². The largest absolute Gasteiger partial charge is 0.316 e. The number of benzene rings is 2. The second-order valence-corrected chi connectivity index (χ2v) is 8.74. The standard InChI is InChI=1S/C25H34N2/c1-20-5-4-6-23(15-20)19-27-13-11-21(12-14-27)17-26-18-22-9-10-24-7-2-3-8-25(24)16-22/h2-8,15,21-22,26H,9-14,16-19H2,1H3. The van der Waals surface area contributed by atoms with E-state index in [9.17, 15) is 0 Å². The zero-order valence-electron chi connectivity index (χ0n) is 16.8. The first-order valence-electron chi connectivity index (χ1n) is 10.8. The van der Waals surface area contributed by atoms with Crippen molar-refractivity contribution in [2.24, 2.45) is 11.8 Å². The summed E-state index contributed by atoms with van der Waals surface area (Å²) in [6.45, 7) is 8.19. The molecule has 2 heteroatoms. The number of likely N-dealkylation sites (tertiary alicyclic amines) is 1. The molecule has 1 fully saturated rings. The fourth-order valence-corrected chi connectivity index (χ4v) is 4.86. The third-order valence-electron chi connectivity index (χ3n) is 6.51. The first-order valence-corrected chi connectivity index (χ1v) is 10.8. The number of piperidine rings is 1. The molecule has 1 atom stereocenters. The monoisotopic (exact) mass is 362 g/mol. The Morgan fingerprint density at radius 2 is 1.67 bits per heavy atom. The van der Waals surface area contributed by atoms with Crippen molar-refractivity contribution in [1.82, 2.24) is 10.2 Å². The van der Waals surface area contributed by atoms with Crippen LogP contribution in [0.2, 0.25) is 0 Å². The minimum atomic E-state index is 0.821. The van der Waals surface area contributed by atoms with Crippen LogP contribution in [0.15, 0.2) is 48.5 Å². The molecule has 0 bridgehead atoms. The average Bonchev–Trinajstić information content (AvgIpc) is 2.69. The molecule has 1 aliphatic heterocycles. The van der Waals surface area contributed by atoms with Gasteiger partial charge in [0.1, 0.15) is 0 Å². The van der Waals surface area contributed by atoms with Gasteiger partial charge in [0.25, 0.3) is 0 Å². The number of rotatable bonds is 6. The predicted octanol–water partition coefficient (Wildman–Crippen LogP) is 4.60. The van der Waals surface area contributed by atoms with Gasteiger partial charge in [-0.15, -0.1) is 0 Å². The Morgan fingerprint density at radius 3 is 2.48 bits per heavy atom. The minimum Gasteiger partial charge on any atom is -0.316 e. The smallest absolute Gasteiger partial charge is 0.0233 e. The molecule has 27 heavy (non-hydrogen) atoms. The van der Waals surface area contributed by atoms with Crippen molar-refractivity contribution >= 4 is 0 Å². The SMILES string of the molecule is Cc1cccc(CN2CCC(CNCC3CCc4ccccc4C3)CC2)c1. The van der Waals surface area contributed by atoms with Gasteiger partial charge in [0.15, 0.2) is 0 Å². The summed E-state index contributed by atoms with van der Waals surface area (Å²) in [5.41, 5.74) is 6.00. The number of hydrogen-bond donors (Lipinski definition) is 1. The molecule has 1 saturated heterocycles. The second kappa shape index (κ2) is 9.03. The molecule has 2 aliphatic rings. The van der Waals surface area contributed by atoms with E-state index >= 15 is 0 Å². The lowest BCUT2D eigenvalue weighted by Gasteiger charge is -2.32. The molecule has 0 spiro atoms. The zero-order chi connectivity index (χ0) is 18.5. The number of aryl methyl sites for hydroxylation is 2. The third-order valence-corrected chi connectivity index (χ3v) is 6.51. The maximum absolute atomic E-state index is 3.81. The molecule has 0 amide bonds. The summed E-state index contributed by atoms with van der Waals surface area (Å²) < 4.78 is 0.